The highest BCUT2D eigenvalue weighted by atomic mass is 16.5. The molecule has 0 aromatic heterocycles. The lowest BCUT2D eigenvalue weighted by Crippen LogP contribution is -2.34. The molecule has 2 N–H and O–H groups in total. The lowest BCUT2D eigenvalue weighted by atomic mass is 10.1. The van der Waals surface area contributed by atoms with Gasteiger partial charge in [0.25, 0.3) is 5.91 Å². The number of anilines is 1. The number of fused-ring (bicyclic) bond motifs is 1. The SMILES string of the molecule is CC1OCCC1NCc1ccc2c(c1)NC(=O)CO2. The maximum Gasteiger partial charge on any atom is 0.262 e. The van der Waals surface area contributed by atoms with Gasteiger partial charge in [-0.1, -0.05) is 6.07 Å². The minimum Gasteiger partial charge on any atom is -0.482 e. The number of benzene rings is 1. The van der Waals surface area contributed by atoms with E-state index in [2.05, 4.69) is 17.6 Å². The first-order valence-electron chi connectivity index (χ1n) is 6.63. The van der Waals surface area contributed by atoms with E-state index in [9.17, 15) is 4.79 Å². The number of rotatable bonds is 3. The molecular formula is C14H18N2O3. The van der Waals surface area contributed by atoms with Crippen molar-refractivity contribution in [3.05, 3.63) is 23.8 Å². The standard InChI is InChI=1S/C14H18N2O3/c1-9-11(4-5-18-9)15-7-10-2-3-13-12(6-10)16-14(17)8-19-13/h2-3,6,9,11,15H,4-5,7-8H2,1H3,(H,16,17). The Morgan fingerprint density at radius 3 is 3.16 bits per heavy atom. The van der Waals surface area contributed by atoms with Crippen LogP contribution in [0.15, 0.2) is 18.2 Å². The smallest absolute Gasteiger partial charge is 0.262 e. The molecule has 2 aliphatic rings. The Morgan fingerprint density at radius 2 is 2.37 bits per heavy atom. The molecule has 1 saturated heterocycles. The molecule has 2 atom stereocenters. The van der Waals surface area contributed by atoms with Crippen LogP contribution in [0.25, 0.3) is 0 Å². The predicted octanol–water partition coefficient (Wildman–Crippen LogP) is 1.28. The molecule has 3 rings (SSSR count). The average Bonchev–Trinajstić information content (AvgIpc) is 2.81. The molecular weight excluding hydrogens is 244 g/mol. The maximum absolute atomic E-state index is 11.3. The molecule has 2 heterocycles. The average molecular weight is 262 g/mol. The van der Waals surface area contributed by atoms with E-state index in [0.717, 1.165) is 36.6 Å². The number of amides is 1. The van der Waals surface area contributed by atoms with Crippen LogP contribution < -0.4 is 15.4 Å². The second-order valence-corrected chi connectivity index (χ2v) is 5.02. The van der Waals surface area contributed by atoms with Gasteiger partial charge in [-0.05, 0) is 31.0 Å². The van der Waals surface area contributed by atoms with E-state index >= 15 is 0 Å². The molecule has 19 heavy (non-hydrogen) atoms. The van der Waals surface area contributed by atoms with Crippen LogP contribution in [0.4, 0.5) is 5.69 Å². The molecule has 0 saturated carbocycles. The van der Waals surface area contributed by atoms with Crippen molar-refractivity contribution in [1.82, 2.24) is 5.32 Å². The summed E-state index contributed by atoms with van der Waals surface area (Å²) in [5.41, 5.74) is 1.88. The largest absolute Gasteiger partial charge is 0.482 e. The fraction of sp³-hybridized carbons (Fsp3) is 0.500. The van der Waals surface area contributed by atoms with Crippen molar-refractivity contribution >= 4 is 11.6 Å². The minimum absolute atomic E-state index is 0.0987. The van der Waals surface area contributed by atoms with Gasteiger partial charge in [0.1, 0.15) is 5.75 Å². The van der Waals surface area contributed by atoms with E-state index in [1.807, 2.05) is 18.2 Å². The van der Waals surface area contributed by atoms with E-state index in [1.165, 1.54) is 0 Å². The molecule has 102 valence electrons. The Bertz CT molecular complexity index is 490. The van der Waals surface area contributed by atoms with Crippen molar-refractivity contribution in [3.8, 4) is 5.75 Å². The Hall–Kier alpha value is -1.59. The van der Waals surface area contributed by atoms with E-state index < -0.39 is 0 Å². The van der Waals surface area contributed by atoms with Gasteiger partial charge in [-0.15, -0.1) is 0 Å². The summed E-state index contributed by atoms with van der Waals surface area (Å²) in [5, 5.41) is 6.31. The zero-order chi connectivity index (χ0) is 13.2. The van der Waals surface area contributed by atoms with Gasteiger partial charge in [0.05, 0.1) is 11.8 Å². The predicted molar refractivity (Wildman–Crippen MR) is 71.2 cm³/mol. The van der Waals surface area contributed by atoms with Crippen molar-refractivity contribution in [2.24, 2.45) is 0 Å². The van der Waals surface area contributed by atoms with Crippen molar-refractivity contribution in [2.75, 3.05) is 18.5 Å². The summed E-state index contributed by atoms with van der Waals surface area (Å²) in [7, 11) is 0. The van der Waals surface area contributed by atoms with E-state index in [1.54, 1.807) is 0 Å². The zero-order valence-electron chi connectivity index (χ0n) is 10.9. The third-order valence-corrected chi connectivity index (χ3v) is 3.62. The van der Waals surface area contributed by atoms with Gasteiger partial charge >= 0.3 is 0 Å². The molecule has 1 aromatic carbocycles. The summed E-state index contributed by atoms with van der Waals surface area (Å²) in [6.45, 7) is 3.78. The normalized spacial score (nSPS) is 25.6. The quantitative estimate of drug-likeness (QED) is 0.861. The number of hydrogen-bond acceptors (Lipinski definition) is 4. The Labute approximate surface area is 112 Å². The Balaban J connectivity index is 1.65. The highest BCUT2D eigenvalue weighted by molar-refractivity contribution is 5.95. The first-order valence-corrected chi connectivity index (χ1v) is 6.63. The van der Waals surface area contributed by atoms with Crippen LogP contribution in [0.1, 0.15) is 18.9 Å². The van der Waals surface area contributed by atoms with Crippen LogP contribution in [-0.4, -0.2) is 31.3 Å². The van der Waals surface area contributed by atoms with Gasteiger partial charge in [-0.2, -0.15) is 0 Å². The molecule has 0 spiro atoms. The van der Waals surface area contributed by atoms with Crippen LogP contribution >= 0.6 is 0 Å². The summed E-state index contributed by atoms with van der Waals surface area (Å²) >= 11 is 0. The highest BCUT2D eigenvalue weighted by Crippen LogP contribution is 2.28. The molecule has 2 aliphatic heterocycles. The lowest BCUT2D eigenvalue weighted by molar-refractivity contribution is -0.118. The summed E-state index contributed by atoms with van der Waals surface area (Å²) < 4.78 is 10.9. The molecule has 1 fully saturated rings. The van der Waals surface area contributed by atoms with E-state index in [0.29, 0.717) is 6.04 Å². The van der Waals surface area contributed by atoms with Crippen LogP contribution in [-0.2, 0) is 16.1 Å². The highest BCUT2D eigenvalue weighted by Gasteiger charge is 2.23. The molecule has 1 aromatic rings. The fourth-order valence-corrected chi connectivity index (χ4v) is 2.49. The number of hydrogen-bond donors (Lipinski definition) is 2. The van der Waals surface area contributed by atoms with Gasteiger partial charge in [0, 0.05) is 19.2 Å². The van der Waals surface area contributed by atoms with Gasteiger partial charge in [-0.25, -0.2) is 0 Å². The number of carbonyl (C=O) groups is 1. The molecule has 1 amide bonds. The van der Waals surface area contributed by atoms with Gasteiger partial charge < -0.3 is 20.1 Å². The molecule has 5 nitrogen and oxygen atoms in total. The van der Waals surface area contributed by atoms with Crippen molar-refractivity contribution in [1.29, 1.82) is 0 Å². The molecule has 0 bridgehead atoms. The Kier molecular flexibility index (Phi) is 3.40. The van der Waals surface area contributed by atoms with E-state index in [4.69, 9.17) is 9.47 Å². The summed E-state index contributed by atoms with van der Waals surface area (Å²) in [6.07, 6.45) is 1.31. The summed E-state index contributed by atoms with van der Waals surface area (Å²) in [5.74, 6) is 0.636. The number of nitrogens with one attached hydrogen (secondary N) is 2. The van der Waals surface area contributed by atoms with Gasteiger partial charge in [-0.3, -0.25) is 4.79 Å². The fourth-order valence-electron chi connectivity index (χ4n) is 2.49. The number of carbonyl (C=O) groups excluding carboxylic acids is 1. The Morgan fingerprint density at radius 1 is 1.47 bits per heavy atom. The molecule has 2 unspecified atom stereocenters. The molecule has 0 radical (unpaired) electrons. The topological polar surface area (TPSA) is 59.6 Å². The molecule has 5 heteroatoms. The van der Waals surface area contributed by atoms with Crippen LogP contribution in [0.2, 0.25) is 0 Å². The van der Waals surface area contributed by atoms with E-state index in [-0.39, 0.29) is 18.6 Å². The van der Waals surface area contributed by atoms with Gasteiger partial charge in [0.15, 0.2) is 6.61 Å². The van der Waals surface area contributed by atoms with Crippen LogP contribution in [0.3, 0.4) is 0 Å². The second kappa shape index (κ2) is 5.19. The minimum atomic E-state index is -0.101. The second-order valence-electron chi connectivity index (χ2n) is 5.02. The van der Waals surface area contributed by atoms with Crippen molar-refractivity contribution in [3.63, 3.8) is 0 Å². The van der Waals surface area contributed by atoms with Crippen LogP contribution in [0, 0.1) is 0 Å². The summed E-state index contributed by atoms with van der Waals surface area (Å²) in [4.78, 5) is 11.3. The monoisotopic (exact) mass is 262 g/mol. The lowest BCUT2D eigenvalue weighted by Gasteiger charge is -2.20. The number of ether oxygens (including phenoxy) is 2. The third-order valence-electron chi connectivity index (χ3n) is 3.62. The maximum atomic E-state index is 11.3. The molecule has 0 aliphatic carbocycles. The van der Waals surface area contributed by atoms with Gasteiger partial charge in [0.2, 0.25) is 0 Å². The summed E-state index contributed by atoms with van der Waals surface area (Å²) in [6, 6.07) is 6.28. The third kappa shape index (κ3) is 2.72. The van der Waals surface area contributed by atoms with Crippen molar-refractivity contribution in [2.45, 2.75) is 32.0 Å². The van der Waals surface area contributed by atoms with Crippen molar-refractivity contribution < 1.29 is 14.3 Å². The first kappa shape index (κ1) is 12.4. The zero-order valence-corrected chi connectivity index (χ0v) is 10.9. The van der Waals surface area contributed by atoms with Crippen LogP contribution in [0.5, 0.6) is 5.75 Å². The first-order chi connectivity index (χ1) is 9.22.